The lowest BCUT2D eigenvalue weighted by Gasteiger charge is -2.21. The normalized spacial score (nSPS) is 17.0. The lowest BCUT2D eigenvalue weighted by Crippen LogP contribution is -2.23. The van der Waals surface area contributed by atoms with E-state index in [1.165, 1.54) is 5.56 Å². The van der Waals surface area contributed by atoms with Crippen LogP contribution in [0.2, 0.25) is 5.02 Å². The minimum absolute atomic E-state index is 0.117. The van der Waals surface area contributed by atoms with Crippen LogP contribution in [0.15, 0.2) is 47.1 Å². The van der Waals surface area contributed by atoms with Gasteiger partial charge in [-0.25, -0.2) is 4.98 Å². The number of halogens is 1. The summed E-state index contributed by atoms with van der Waals surface area (Å²) in [6, 6.07) is 11.7. The zero-order chi connectivity index (χ0) is 20.1. The molecule has 0 spiro atoms. The Bertz CT molecular complexity index is 932. The van der Waals surface area contributed by atoms with Gasteiger partial charge in [0.1, 0.15) is 6.61 Å². The van der Waals surface area contributed by atoms with Gasteiger partial charge >= 0.3 is 0 Å². The van der Waals surface area contributed by atoms with Crippen molar-refractivity contribution < 1.29 is 14.0 Å². The van der Waals surface area contributed by atoms with Gasteiger partial charge in [0.2, 0.25) is 17.6 Å². The zero-order valence-corrected chi connectivity index (χ0v) is 17.0. The van der Waals surface area contributed by atoms with Gasteiger partial charge in [0.05, 0.1) is 12.6 Å². The molecule has 1 saturated heterocycles. The number of hydrogen-bond donors (Lipinski definition) is 0. The molecule has 1 aliphatic rings. The van der Waals surface area contributed by atoms with E-state index in [1.807, 2.05) is 24.3 Å². The summed E-state index contributed by atoms with van der Waals surface area (Å²) in [6.07, 6.45) is 3.77. The van der Waals surface area contributed by atoms with Crippen LogP contribution in [0.1, 0.15) is 30.3 Å². The van der Waals surface area contributed by atoms with Crippen LogP contribution in [0.3, 0.4) is 0 Å². The van der Waals surface area contributed by atoms with Crippen LogP contribution in [0.25, 0.3) is 11.4 Å². The predicted molar refractivity (Wildman–Crippen MR) is 109 cm³/mol. The molecule has 3 aromatic rings. The summed E-state index contributed by atoms with van der Waals surface area (Å²) in [6.45, 7) is 2.76. The Balaban J connectivity index is 1.46. The SMILES string of the molecule is COCCOc1cc(-c2noc(C3CCCN3Cc3ccc(Cl)cc3)n2)ccn1. The largest absolute Gasteiger partial charge is 0.475 e. The smallest absolute Gasteiger partial charge is 0.244 e. The molecule has 7 nitrogen and oxygen atoms in total. The molecule has 29 heavy (non-hydrogen) atoms. The molecule has 0 saturated carbocycles. The van der Waals surface area contributed by atoms with Gasteiger partial charge in [0.25, 0.3) is 0 Å². The highest BCUT2D eigenvalue weighted by Crippen LogP contribution is 2.33. The maximum atomic E-state index is 5.99. The summed E-state index contributed by atoms with van der Waals surface area (Å²) >= 11 is 5.99. The second kappa shape index (κ2) is 9.35. The molecule has 0 N–H and O–H groups in total. The van der Waals surface area contributed by atoms with Crippen molar-refractivity contribution in [1.82, 2.24) is 20.0 Å². The zero-order valence-electron chi connectivity index (χ0n) is 16.3. The van der Waals surface area contributed by atoms with E-state index in [0.717, 1.165) is 36.5 Å². The second-order valence-electron chi connectivity index (χ2n) is 6.94. The van der Waals surface area contributed by atoms with Gasteiger partial charge in [0, 0.05) is 36.5 Å². The fourth-order valence-corrected chi connectivity index (χ4v) is 3.59. The second-order valence-corrected chi connectivity index (χ2v) is 7.37. The van der Waals surface area contributed by atoms with Crippen molar-refractivity contribution in [3.05, 3.63) is 59.1 Å². The van der Waals surface area contributed by atoms with Crippen molar-refractivity contribution in [2.75, 3.05) is 26.9 Å². The number of hydrogen-bond acceptors (Lipinski definition) is 7. The molecule has 0 bridgehead atoms. The molecule has 0 aliphatic carbocycles. The maximum absolute atomic E-state index is 5.99. The van der Waals surface area contributed by atoms with Gasteiger partial charge in [0.15, 0.2) is 0 Å². The molecule has 1 aliphatic heterocycles. The van der Waals surface area contributed by atoms with E-state index in [9.17, 15) is 0 Å². The summed E-state index contributed by atoms with van der Waals surface area (Å²) < 4.78 is 16.2. The Morgan fingerprint density at radius 3 is 2.90 bits per heavy atom. The quantitative estimate of drug-likeness (QED) is 0.512. The molecule has 3 heterocycles. The number of rotatable bonds is 8. The third-order valence-corrected chi connectivity index (χ3v) is 5.17. The monoisotopic (exact) mass is 414 g/mol. The Hall–Kier alpha value is -2.48. The van der Waals surface area contributed by atoms with Crippen LogP contribution in [0.4, 0.5) is 0 Å². The molecule has 152 valence electrons. The van der Waals surface area contributed by atoms with Crippen LogP contribution in [-0.4, -0.2) is 46.9 Å². The Labute approximate surface area is 174 Å². The summed E-state index contributed by atoms with van der Waals surface area (Å²) in [7, 11) is 1.63. The number of pyridine rings is 1. The first kappa shape index (κ1) is 19.8. The van der Waals surface area contributed by atoms with Crippen LogP contribution >= 0.6 is 11.6 Å². The maximum Gasteiger partial charge on any atom is 0.244 e. The van der Waals surface area contributed by atoms with Gasteiger partial charge in [-0.05, 0) is 43.1 Å². The molecule has 1 unspecified atom stereocenters. The van der Waals surface area contributed by atoms with E-state index >= 15 is 0 Å². The first-order valence-electron chi connectivity index (χ1n) is 9.63. The van der Waals surface area contributed by atoms with Crippen molar-refractivity contribution >= 4 is 11.6 Å². The van der Waals surface area contributed by atoms with E-state index in [0.29, 0.717) is 30.8 Å². The number of aromatic nitrogens is 3. The highest BCUT2D eigenvalue weighted by Gasteiger charge is 2.30. The van der Waals surface area contributed by atoms with E-state index in [2.05, 4.69) is 32.2 Å². The number of likely N-dealkylation sites (tertiary alicyclic amines) is 1. The average Bonchev–Trinajstić information content (AvgIpc) is 3.40. The van der Waals surface area contributed by atoms with Crippen molar-refractivity contribution in [1.29, 1.82) is 0 Å². The number of nitrogens with zero attached hydrogens (tertiary/aromatic N) is 4. The minimum Gasteiger partial charge on any atom is -0.475 e. The summed E-state index contributed by atoms with van der Waals surface area (Å²) in [5.74, 6) is 1.69. The Morgan fingerprint density at radius 2 is 2.07 bits per heavy atom. The Kier molecular flexibility index (Phi) is 6.39. The fraction of sp³-hybridized carbons (Fsp3) is 0.381. The molecular formula is C21H23ClN4O3. The summed E-state index contributed by atoms with van der Waals surface area (Å²) in [4.78, 5) is 11.2. The third-order valence-electron chi connectivity index (χ3n) is 4.92. The van der Waals surface area contributed by atoms with E-state index in [-0.39, 0.29) is 6.04 Å². The van der Waals surface area contributed by atoms with Crippen LogP contribution in [-0.2, 0) is 11.3 Å². The highest BCUT2D eigenvalue weighted by atomic mass is 35.5. The van der Waals surface area contributed by atoms with E-state index in [1.54, 1.807) is 13.3 Å². The molecule has 8 heteroatoms. The van der Waals surface area contributed by atoms with Gasteiger partial charge in [-0.15, -0.1) is 0 Å². The van der Waals surface area contributed by atoms with E-state index in [4.69, 9.17) is 25.6 Å². The van der Waals surface area contributed by atoms with Crippen molar-refractivity contribution in [2.24, 2.45) is 0 Å². The Morgan fingerprint density at radius 1 is 1.21 bits per heavy atom. The third kappa shape index (κ3) is 4.93. The lowest BCUT2D eigenvalue weighted by molar-refractivity contribution is 0.144. The summed E-state index contributed by atoms with van der Waals surface area (Å²) in [5.41, 5.74) is 2.03. The number of ether oxygens (including phenoxy) is 2. The van der Waals surface area contributed by atoms with Crippen molar-refractivity contribution in [2.45, 2.75) is 25.4 Å². The first-order valence-corrected chi connectivity index (χ1v) is 10.0. The summed E-state index contributed by atoms with van der Waals surface area (Å²) in [5, 5.41) is 4.93. The minimum atomic E-state index is 0.117. The van der Waals surface area contributed by atoms with Gasteiger partial charge < -0.3 is 14.0 Å². The first-order chi connectivity index (χ1) is 14.2. The van der Waals surface area contributed by atoms with Crippen LogP contribution < -0.4 is 4.74 Å². The number of benzene rings is 1. The molecular weight excluding hydrogens is 392 g/mol. The number of methoxy groups -OCH3 is 1. The molecule has 1 fully saturated rings. The molecule has 1 aromatic carbocycles. The van der Waals surface area contributed by atoms with Gasteiger partial charge in [-0.3, -0.25) is 4.90 Å². The standard InChI is InChI=1S/C21H23ClN4O3/c1-27-11-12-28-19-13-16(8-9-23-19)20-24-21(29-25-20)18-3-2-10-26(18)14-15-4-6-17(22)7-5-15/h4-9,13,18H,2-3,10-12,14H2,1H3. The molecule has 4 rings (SSSR count). The topological polar surface area (TPSA) is 73.5 Å². The average molecular weight is 415 g/mol. The van der Waals surface area contributed by atoms with Crippen LogP contribution in [0, 0.1) is 0 Å². The highest BCUT2D eigenvalue weighted by molar-refractivity contribution is 6.30. The molecule has 1 atom stereocenters. The lowest BCUT2D eigenvalue weighted by atomic mass is 10.2. The molecule has 0 radical (unpaired) electrons. The molecule has 0 amide bonds. The fourth-order valence-electron chi connectivity index (χ4n) is 3.46. The van der Waals surface area contributed by atoms with Crippen molar-refractivity contribution in [3.63, 3.8) is 0 Å². The van der Waals surface area contributed by atoms with Gasteiger partial charge in [-0.2, -0.15) is 4.98 Å². The van der Waals surface area contributed by atoms with E-state index < -0.39 is 0 Å². The van der Waals surface area contributed by atoms with Crippen molar-refractivity contribution in [3.8, 4) is 17.3 Å². The van der Waals surface area contributed by atoms with Crippen LogP contribution in [0.5, 0.6) is 5.88 Å². The van der Waals surface area contributed by atoms with Gasteiger partial charge in [-0.1, -0.05) is 28.9 Å². The predicted octanol–water partition coefficient (Wildman–Crippen LogP) is 4.15. The molecule has 2 aromatic heterocycles.